The van der Waals surface area contributed by atoms with E-state index in [4.69, 9.17) is 0 Å². The molecule has 0 fully saturated rings. The minimum absolute atomic E-state index is 0. The van der Waals surface area contributed by atoms with E-state index >= 15 is 0 Å². The molecule has 1 aliphatic carbocycles. The molecular formula is C22H25ClN2O2. The van der Waals surface area contributed by atoms with Gasteiger partial charge in [-0.2, -0.15) is 0 Å². The molecule has 1 heterocycles. The van der Waals surface area contributed by atoms with Crippen molar-refractivity contribution in [3.8, 4) is 0 Å². The van der Waals surface area contributed by atoms with Gasteiger partial charge in [-0.05, 0) is 54.5 Å². The maximum Gasteiger partial charge on any atom is 0.224 e. The maximum absolute atomic E-state index is 13.2. The third-order valence-electron chi connectivity index (χ3n) is 5.56. The molecule has 2 aromatic carbocycles. The van der Waals surface area contributed by atoms with Crippen LogP contribution in [0, 0.1) is 12.8 Å². The molecule has 4 rings (SSSR count). The average molecular weight is 385 g/mol. The summed E-state index contributed by atoms with van der Waals surface area (Å²) in [4.78, 5) is 24.9. The van der Waals surface area contributed by atoms with Gasteiger partial charge in [0.1, 0.15) is 0 Å². The molecular weight excluding hydrogens is 360 g/mol. The molecule has 0 radical (unpaired) electrons. The van der Waals surface area contributed by atoms with E-state index in [0.29, 0.717) is 19.4 Å². The number of hydrogen-bond donors (Lipinski definition) is 2. The van der Waals surface area contributed by atoms with E-state index in [-0.39, 0.29) is 30.0 Å². The van der Waals surface area contributed by atoms with Gasteiger partial charge in [-0.25, -0.2) is 0 Å². The van der Waals surface area contributed by atoms with Crippen LogP contribution in [0.1, 0.15) is 45.5 Å². The van der Waals surface area contributed by atoms with Crippen molar-refractivity contribution in [2.75, 3.05) is 11.9 Å². The summed E-state index contributed by atoms with van der Waals surface area (Å²) < 4.78 is 0. The summed E-state index contributed by atoms with van der Waals surface area (Å²) in [7, 11) is 0. The fraction of sp³-hybridized carbons (Fsp3) is 0.364. The molecule has 0 bridgehead atoms. The molecule has 1 amide bonds. The van der Waals surface area contributed by atoms with Crippen LogP contribution in [-0.2, 0) is 24.2 Å². The molecule has 2 aliphatic rings. The van der Waals surface area contributed by atoms with Gasteiger partial charge in [0.05, 0.1) is 0 Å². The van der Waals surface area contributed by atoms with E-state index in [0.717, 1.165) is 41.8 Å². The normalized spacial score (nSPS) is 18.2. The molecule has 2 N–H and O–H groups in total. The summed E-state index contributed by atoms with van der Waals surface area (Å²) in [5, 5.41) is 6.39. The van der Waals surface area contributed by atoms with Crippen molar-refractivity contribution >= 4 is 29.8 Å². The highest BCUT2D eigenvalue weighted by Crippen LogP contribution is 2.37. The topological polar surface area (TPSA) is 58.2 Å². The first-order valence-electron chi connectivity index (χ1n) is 9.37. The minimum atomic E-state index is 0. The van der Waals surface area contributed by atoms with E-state index in [1.165, 1.54) is 11.1 Å². The molecule has 142 valence electrons. The highest BCUT2D eigenvalue weighted by atomic mass is 35.5. The second-order valence-corrected chi connectivity index (χ2v) is 7.34. The summed E-state index contributed by atoms with van der Waals surface area (Å²) in [5.41, 5.74) is 6.30. The number of carbonyl (C=O) groups is 2. The zero-order valence-corrected chi connectivity index (χ0v) is 16.3. The Hall–Kier alpha value is -2.17. The van der Waals surface area contributed by atoms with Gasteiger partial charge in [0.25, 0.3) is 0 Å². The highest BCUT2D eigenvalue weighted by molar-refractivity contribution is 6.05. The second-order valence-electron chi connectivity index (χ2n) is 7.34. The molecule has 27 heavy (non-hydrogen) atoms. The van der Waals surface area contributed by atoms with Gasteiger partial charge >= 0.3 is 0 Å². The predicted octanol–water partition coefficient (Wildman–Crippen LogP) is 3.84. The number of ketones is 1. The van der Waals surface area contributed by atoms with Crippen LogP contribution in [0.15, 0.2) is 36.4 Å². The number of hydrogen-bond acceptors (Lipinski definition) is 3. The molecule has 0 spiro atoms. The lowest BCUT2D eigenvalue weighted by Gasteiger charge is -2.30. The first kappa shape index (κ1) is 19.6. The first-order valence-corrected chi connectivity index (χ1v) is 9.37. The van der Waals surface area contributed by atoms with E-state index in [1.807, 2.05) is 31.2 Å². The summed E-state index contributed by atoms with van der Waals surface area (Å²) in [6, 6.07) is 12.3. The molecule has 2 aromatic rings. The van der Waals surface area contributed by atoms with Gasteiger partial charge in [0.2, 0.25) is 5.91 Å². The van der Waals surface area contributed by atoms with E-state index in [2.05, 4.69) is 22.8 Å². The maximum atomic E-state index is 13.2. The number of amides is 1. The van der Waals surface area contributed by atoms with Crippen molar-refractivity contribution in [3.05, 3.63) is 64.2 Å². The van der Waals surface area contributed by atoms with E-state index in [9.17, 15) is 9.59 Å². The Balaban J connectivity index is 0.00000210. The Labute approximate surface area is 166 Å². The SMILES string of the molecule is Cc1cc2c(c3c1CCC(CNCc1ccccc1)C3=O)CCC(=O)N2.Cl. The third kappa shape index (κ3) is 3.92. The lowest BCUT2D eigenvalue weighted by atomic mass is 9.77. The molecule has 1 atom stereocenters. The molecule has 0 saturated heterocycles. The van der Waals surface area contributed by atoms with Crippen molar-refractivity contribution < 1.29 is 9.59 Å². The van der Waals surface area contributed by atoms with Gasteiger partial charge in [-0.3, -0.25) is 9.59 Å². The fourth-order valence-corrected chi connectivity index (χ4v) is 4.18. The van der Waals surface area contributed by atoms with Crippen molar-refractivity contribution in [1.29, 1.82) is 0 Å². The van der Waals surface area contributed by atoms with Crippen molar-refractivity contribution in [1.82, 2.24) is 5.32 Å². The Morgan fingerprint density at radius 2 is 1.85 bits per heavy atom. The number of benzene rings is 2. The van der Waals surface area contributed by atoms with Crippen LogP contribution in [0.4, 0.5) is 5.69 Å². The number of Topliss-reactive ketones (excluding diaryl/α,β-unsaturated/α-hetero) is 1. The van der Waals surface area contributed by atoms with Crippen LogP contribution in [0.5, 0.6) is 0 Å². The van der Waals surface area contributed by atoms with Gasteiger partial charge in [0, 0.05) is 36.7 Å². The van der Waals surface area contributed by atoms with Gasteiger partial charge in [-0.15, -0.1) is 12.4 Å². The number of carbonyl (C=O) groups excluding carboxylic acids is 2. The van der Waals surface area contributed by atoms with E-state index in [1.54, 1.807) is 0 Å². The monoisotopic (exact) mass is 384 g/mol. The Bertz CT molecular complexity index is 864. The summed E-state index contributed by atoms with van der Waals surface area (Å²) in [6.45, 7) is 3.52. The van der Waals surface area contributed by atoms with Crippen LogP contribution < -0.4 is 10.6 Å². The minimum Gasteiger partial charge on any atom is -0.326 e. The van der Waals surface area contributed by atoms with Crippen molar-refractivity contribution in [2.24, 2.45) is 5.92 Å². The molecule has 1 unspecified atom stereocenters. The predicted molar refractivity (Wildman–Crippen MR) is 110 cm³/mol. The average Bonchev–Trinajstić information content (AvgIpc) is 2.64. The summed E-state index contributed by atoms with van der Waals surface area (Å²) in [5.74, 6) is 0.291. The number of halogens is 1. The van der Waals surface area contributed by atoms with Gasteiger partial charge in [0.15, 0.2) is 5.78 Å². The smallest absolute Gasteiger partial charge is 0.224 e. The van der Waals surface area contributed by atoms with Crippen LogP contribution in [-0.4, -0.2) is 18.2 Å². The van der Waals surface area contributed by atoms with Crippen molar-refractivity contribution in [2.45, 2.75) is 39.2 Å². The Morgan fingerprint density at radius 3 is 2.63 bits per heavy atom. The van der Waals surface area contributed by atoms with Gasteiger partial charge < -0.3 is 10.6 Å². The van der Waals surface area contributed by atoms with Crippen LogP contribution in [0.2, 0.25) is 0 Å². The molecule has 0 aromatic heterocycles. The van der Waals surface area contributed by atoms with Crippen LogP contribution in [0.25, 0.3) is 0 Å². The fourth-order valence-electron chi connectivity index (χ4n) is 4.18. The Kier molecular flexibility index (Phi) is 5.98. The number of anilines is 1. The number of aryl methyl sites for hydroxylation is 1. The highest BCUT2D eigenvalue weighted by Gasteiger charge is 2.33. The zero-order valence-electron chi connectivity index (χ0n) is 15.5. The largest absolute Gasteiger partial charge is 0.326 e. The molecule has 5 heteroatoms. The van der Waals surface area contributed by atoms with Crippen molar-refractivity contribution in [3.63, 3.8) is 0 Å². The number of fused-ring (bicyclic) bond motifs is 3. The zero-order chi connectivity index (χ0) is 18.1. The summed E-state index contributed by atoms with van der Waals surface area (Å²) in [6.07, 6.45) is 2.96. The summed E-state index contributed by atoms with van der Waals surface area (Å²) >= 11 is 0. The third-order valence-corrected chi connectivity index (χ3v) is 5.56. The number of nitrogens with one attached hydrogen (secondary N) is 2. The first-order chi connectivity index (χ1) is 12.6. The molecule has 1 aliphatic heterocycles. The Morgan fingerprint density at radius 1 is 1.07 bits per heavy atom. The van der Waals surface area contributed by atoms with Gasteiger partial charge in [-0.1, -0.05) is 30.3 Å². The quantitative estimate of drug-likeness (QED) is 0.842. The van der Waals surface area contributed by atoms with E-state index < -0.39 is 0 Å². The standard InChI is InChI=1S/C22H24N2O2.ClH/c1-14-11-19-18(9-10-20(25)24-19)21-17(14)8-7-16(22(21)26)13-23-12-15-5-3-2-4-6-15;/h2-6,11,16,23H,7-10,12-13H2,1H3,(H,24,25);1H. The second kappa shape index (κ2) is 8.24. The van der Waals surface area contributed by atoms with Crippen LogP contribution in [0.3, 0.4) is 0 Å². The lowest BCUT2D eigenvalue weighted by Crippen LogP contribution is -2.34. The molecule has 4 nitrogen and oxygen atoms in total. The molecule has 0 saturated carbocycles. The number of rotatable bonds is 4. The lowest BCUT2D eigenvalue weighted by molar-refractivity contribution is -0.116. The van der Waals surface area contributed by atoms with Crippen LogP contribution >= 0.6 is 12.4 Å².